The average molecular weight is 253 g/mol. The number of nitrogens with one attached hydrogen (secondary N) is 1. The molecule has 0 spiro atoms. The molecule has 0 saturated heterocycles. The van der Waals surface area contributed by atoms with Crippen LogP contribution in [0.4, 0.5) is 0 Å². The van der Waals surface area contributed by atoms with Crippen LogP contribution < -0.4 is 5.32 Å². The van der Waals surface area contributed by atoms with Crippen LogP contribution in [0, 0.1) is 6.92 Å². The molecule has 2 N–H and O–H groups in total. The van der Waals surface area contributed by atoms with Crippen LogP contribution in [-0.2, 0) is 19.6 Å². The van der Waals surface area contributed by atoms with Gasteiger partial charge in [-0.15, -0.1) is 16.4 Å². The van der Waals surface area contributed by atoms with Crippen molar-refractivity contribution in [1.29, 1.82) is 0 Å². The lowest BCUT2D eigenvalue weighted by Crippen LogP contribution is -2.12. The third-order valence-corrected chi connectivity index (χ3v) is 3.10. The number of aryl methyl sites for hydroxylation is 1. The summed E-state index contributed by atoms with van der Waals surface area (Å²) in [6.07, 6.45) is 3.72. The molecule has 0 bridgehead atoms. The Labute approximate surface area is 103 Å². The summed E-state index contributed by atoms with van der Waals surface area (Å²) in [5, 5.41) is 21.0. The van der Waals surface area contributed by atoms with Gasteiger partial charge in [0, 0.05) is 30.4 Å². The molecule has 6 nitrogen and oxygen atoms in total. The summed E-state index contributed by atoms with van der Waals surface area (Å²) in [5.41, 5.74) is 0.875. The van der Waals surface area contributed by atoms with Gasteiger partial charge in [0.25, 0.3) is 0 Å². The monoisotopic (exact) mass is 253 g/mol. The third kappa shape index (κ3) is 3.58. The van der Waals surface area contributed by atoms with Crippen molar-refractivity contribution < 1.29 is 5.11 Å². The van der Waals surface area contributed by atoms with Gasteiger partial charge in [-0.25, -0.2) is 9.67 Å². The molecule has 2 aromatic heterocycles. The molecular formula is C10H15N5OS. The fourth-order valence-electron chi connectivity index (χ4n) is 1.43. The zero-order chi connectivity index (χ0) is 12.1. The summed E-state index contributed by atoms with van der Waals surface area (Å²) in [4.78, 5) is 5.40. The van der Waals surface area contributed by atoms with Gasteiger partial charge in [-0.2, -0.15) is 0 Å². The molecule has 0 aromatic carbocycles. The summed E-state index contributed by atoms with van der Waals surface area (Å²) in [5.74, 6) is 0. The van der Waals surface area contributed by atoms with Crippen LogP contribution in [0.3, 0.4) is 0 Å². The van der Waals surface area contributed by atoms with Crippen LogP contribution in [0.25, 0.3) is 0 Å². The first-order valence-electron chi connectivity index (χ1n) is 5.40. The predicted octanol–water partition coefficient (Wildman–Crippen LogP) is 0.325. The van der Waals surface area contributed by atoms with Crippen molar-refractivity contribution in [2.24, 2.45) is 0 Å². The standard InChI is InChI=1S/C10H15N5OS/c1-8-12-6-10(17-8)5-11-4-9-7-15(2-3-16)14-13-9/h6-7,11,16H,2-5H2,1H3. The largest absolute Gasteiger partial charge is 0.394 e. The molecule has 0 aliphatic heterocycles. The van der Waals surface area contributed by atoms with Crippen molar-refractivity contribution in [3.63, 3.8) is 0 Å². The van der Waals surface area contributed by atoms with E-state index in [0.29, 0.717) is 13.1 Å². The number of aliphatic hydroxyl groups is 1. The third-order valence-electron chi connectivity index (χ3n) is 2.19. The Morgan fingerprint density at radius 3 is 3.06 bits per heavy atom. The molecule has 2 aromatic rings. The van der Waals surface area contributed by atoms with E-state index in [0.717, 1.165) is 17.2 Å². The SMILES string of the molecule is Cc1ncc(CNCc2cn(CCO)nn2)s1. The summed E-state index contributed by atoms with van der Waals surface area (Å²) in [6, 6.07) is 0. The molecule has 0 aliphatic carbocycles. The summed E-state index contributed by atoms with van der Waals surface area (Å²) < 4.78 is 1.63. The lowest BCUT2D eigenvalue weighted by molar-refractivity contribution is 0.268. The Morgan fingerprint density at radius 1 is 1.47 bits per heavy atom. The highest BCUT2D eigenvalue weighted by Gasteiger charge is 2.01. The zero-order valence-electron chi connectivity index (χ0n) is 9.63. The van der Waals surface area contributed by atoms with Crippen LogP contribution >= 0.6 is 11.3 Å². The average Bonchev–Trinajstić information content (AvgIpc) is 2.89. The van der Waals surface area contributed by atoms with E-state index in [4.69, 9.17) is 5.11 Å². The quantitative estimate of drug-likeness (QED) is 0.775. The van der Waals surface area contributed by atoms with Crippen LogP contribution in [0.1, 0.15) is 15.6 Å². The van der Waals surface area contributed by atoms with E-state index in [1.54, 1.807) is 16.0 Å². The first-order valence-corrected chi connectivity index (χ1v) is 6.21. The Morgan fingerprint density at radius 2 is 2.35 bits per heavy atom. The van der Waals surface area contributed by atoms with Gasteiger partial charge in [-0.1, -0.05) is 5.21 Å². The van der Waals surface area contributed by atoms with E-state index in [9.17, 15) is 0 Å². The maximum absolute atomic E-state index is 8.75. The molecule has 2 rings (SSSR count). The number of rotatable bonds is 6. The van der Waals surface area contributed by atoms with Gasteiger partial charge in [-0.05, 0) is 6.92 Å². The van der Waals surface area contributed by atoms with Crippen LogP contribution in [0.15, 0.2) is 12.4 Å². The zero-order valence-corrected chi connectivity index (χ0v) is 10.4. The number of aromatic nitrogens is 4. The maximum Gasteiger partial charge on any atom is 0.0964 e. The van der Waals surface area contributed by atoms with E-state index >= 15 is 0 Å². The summed E-state index contributed by atoms with van der Waals surface area (Å²) >= 11 is 1.69. The van der Waals surface area contributed by atoms with E-state index in [2.05, 4.69) is 20.6 Å². The molecular weight excluding hydrogens is 238 g/mol. The Hall–Kier alpha value is -1.31. The van der Waals surface area contributed by atoms with Crippen LogP contribution in [-0.4, -0.2) is 31.7 Å². The molecule has 2 heterocycles. The maximum atomic E-state index is 8.75. The van der Waals surface area contributed by atoms with E-state index in [1.165, 1.54) is 4.88 Å². The predicted molar refractivity (Wildman–Crippen MR) is 64.5 cm³/mol. The number of hydrogen-bond donors (Lipinski definition) is 2. The Bertz CT molecular complexity index is 467. The fraction of sp³-hybridized carbons (Fsp3) is 0.500. The molecule has 0 radical (unpaired) electrons. The second-order valence-corrected chi connectivity index (χ2v) is 4.97. The highest BCUT2D eigenvalue weighted by Crippen LogP contribution is 2.10. The van der Waals surface area contributed by atoms with E-state index < -0.39 is 0 Å². The van der Waals surface area contributed by atoms with Crippen molar-refractivity contribution >= 4 is 11.3 Å². The molecule has 7 heteroatoms. The second kappa shape index (κ2) is 5.85. The molecule has 0 amide bonds. The lowest BCUT2D eigenvalue weighted by atomic mass is 10.4. The van der Waals surface area contributed by atoms with E-state index in [1.807, 2.05) is 19.3 Å². The van der Waals surface area contributed by atoms with Crippen molar-refractivity contribution in [3.05, 3.63) is 28.0 Å². The first kappa shape index (κ1) is 12.2. The summed E-state index contributed by atoms with van der Waals surface area (Å²) in [7, 11) is 0. The number of hydrogen-bond acceptors (Lipinski definition) is 6. The molecule has 0 fully saturated rings. The lowest BCUT2D eigenvalue weighted by Gasteiger charge is -1.98. The number of nitrogens with zero attached hydrogens (tertiary/aromatic N) is 4. The highest BCUT2D eigenvalue weighted by atomic mass is 32.1. The minimum atomic E-state index is 0.0797. The van der Waals surface area contributed by atoms with E-state index in [-0.39, 0.29) is 6.61 Å². The van der Waals surface area contributed by atoms with Crippen molar-refractivity contribution in [3.8, 4) is 0 Å². The van der Waals surface area contributed by atoms with Gasteiger partial charge in [0.1, 0.15) is 0 Å². The number of thiazole rings is 1. The van der Waals surface area contributed by atoms with Crippen LogP contribution in [0.5, 0.6) is 0 Å². The minimum Gasteiger partial charge on any atom is -0.394 e. The van der Waals surface area contributed by atoms with Gasteiger partial charge < -0.3 is 10.4 Å². The fourth-order valence-corrected chi connectivity index (χ4v) is 2.20. The highest BCUT2D eigenvalue weighted by molar-refractivity contribution is 7.11. The smallest absolute Gasteiger partial charge is 0.0964 e. The van der Waals surface area contributed by atoms with Crippen molar-refractivity contribution in [1.82, 2.24) is 25.3 Å². The topological polar surface area (TPSA) is 75.9 Å². The molecule has 0 unspecified atom stereocenters. The van der Waals surface area contributed by atoms with Gasteiger partial charge in [0.15, 0.2) is 0 Å². The second-order valence-electron chi connectivity index (χ2n) is 3.65. The molecule has 92 valence electrons. The van der Waals surface area contributed by atoms with Crippen molar-refractivity contribution in [2.45, 2.75) is 26.6 Å². The van der Waals surface area contributed by atoms with Crippen LogP contribution in [0.2, 0.25) is 0 Å². The molecule has 0 aliphatic rings. The normalized spacial score (nSPS) is 10.9. The first-order chi connectivity index (χ1) is 8.28. The number of aliphatic hydroxyl groups excluding tert-OH is 1. The van der Waals surface area contributed by atoms with Gasteiger partial charge in [-0.3, -0.25) is 0 Å². The van der Waals surface area contributed by atoms with Crippen molar-refractivity contribution in [2.75, 3.05) is 6.61 Å². The Kier molecular flexibility index (Phi) is 4.18. The molecule has 0 atom stereocenters. The van der Waals surface area contributed by atoms with Gasteiger partial charge in [0.05, 0.1) is 23.9 Å². The molecule has 17 heavy (non-hydrogen) atoms. The minimum absolute atomic E-state index is 0.0797. The summed E-state index contributed by atoms with van der Waals surface area (Å²) in [6.45, 7) is 4.02. The van der Waals surface area contributed by atoms with Gasteiger partial charge >= 0.3 is 0 Å². The Balaban J connectivity index is 1.77. The van der Waals surface area contributed by atoms with Gasteiger partial charge in [0.2, 0.25) is 0 Å². The molecule has 0 saturated carbocycles.